The van der Waals surface area contributed by atoms with Crippen LogP contribution in [-0.4, -0.2) is 46.6 Å². The van der Waals surface area contributed by atoms with Crippen molar-refractivity contribution in [3.8, 4) is 0 Å². The minimum atomic E-state index is -1.05. The Labute approximate surface area is 149 Å². The van der Waals surface area contributed by atoms with E-state index in [1.165, 1.54) is 12.4 Å². The van der Waals surface area contributed by atoms with Crippen molar-refractivity contribution in [2.24, 2.45) is 5.92 Å². The molecule has 8 heteroatoms. The molecule has 0 radical (unpaired) electrons. The molecule has 1 amide bonds. The Morgan fingerprint density at radius 1 is 1.27 bits per heavy atom. The van der Waals surface area contributed by atoms with Gasteiger partial charge in [-0.3, -0.25) is 9.78 Å². The van der Waals surface area contributed by atoms with Gasteiger partial charge in [0.05, 0.1) is 11.8 Å². The molecule has 0 saturated carbocycles. The van der Waals surface area contributed by atoms with E-state index in [4.69, 9.17) is 5.11 Å². The van der Waals surface area contributed by atoms with Gasteiger partial charge in [-0.1, -0.05) is 0 Å². The number of nitrogens with zero attached hydrogens (tertiary/aromatic N) is 3. The molecular formula is C18H19FN4O3. The van der Waals surface area contributed by atoms with Gasteiger partial charge in [0.15, 0.2) is 0 Å². The third-order valence-corrected chi connectivity index (χ3v) is 4.46. The molecule has 0 aromatic carbocycles. The molecule has 3 rings (SSSR count). The number of amides is 1. The van der Waals surface area contributed by atoms with E-state index in [2.05, 4.69) is 20.2 Å². The predicted molar refractivity (Wildman–Crippen MR) is 92.7 cm³/mol. The number of anilines is 1. The zero-order chi connectivity index (χ0) is 18.5. The summed E-state index contributed by atoms with van der Waals surface area (Å²) >= 11 is 0. The first-order valence-corrected chi connectivity index (χ1v) is 8.36. The number of carbonyl (C=O) groups is 2. The molecule has 0 bridgehead atoms. The number of aromatic nitrogens is 2. The first-order chi connectivity index (χ1) is 12.5. The number of carbonyl (C=O) groups excluding carboxylic acids is 1. The van der Waals surface area contributed by atoms with Crippen molar-refractivity contribution < 1.29 is 19.1 Å². The molecule has 0 aliphatic carbocycles. The fraction of sp³-hybridized carbons (Fsp3) is 0.333. The fourth-order valence-corrected chi connectivity index (χ4v) is 3.00. The molecule has 3 heterocycles. The maximum atomic E-state index is 13.1. The number of piperidine rings is 1. The number of aromatic carboxylic acids is 1. The zero-order valence-corrected chi connectivity index (χ0v) is 14.1. The molecule has 2 N–H and O–H groups in total. The monoisotopic (exact) mass is 358 g/mol. The largest absolute Gasteiger partial charge is 0.477 e. The van der Waals surface area contributed by atoms with Crippen molar-refractivity contribution in [3.05, 3.63) is 53.9 Å². The highest BCUT2D eigenvalue weighted by molar-refractivity contribution is 5.93. The molecule has 0 spiro atoms. The Morgan fingerprint density at radius 3 is 2.73 bits per heavy atom. The Hall–Kier alpha value is -3.03. The van der Waals surface area contributed by atoms with Crippen LogP contribution in [-0.2, 0) is 0 Å². The number of rotatable bonds is 5. The van der Waals surface area contributed by atoms with Crippen LogP contribution in [0.15, 0.2) is 36.8 Å². The summed E-state index contributed by atoms with van der Waals surface area (Å²) in [6, 6.07) is 4.53. The molecule has 1 aliphatic rings. The van der Waals surface area contributed by atoms with Gasteiger partial charge >= 0.3 is 5.97 Å². The lowest BCUT2D eigenvalue weighted by molar-refractivity contribution is 0.0690. The number of hydrogen-bond donors (Lipinski definition) is 2. The molecule has 2 aromatic rings. The van der Waals surface area contributed by atoms with Crippen LogP contribution in [0, 0.1) is 11.7 Å². The maximum absolute atomic E-state index is 13.1. The van der Waals surface area contributed by atoms with Crippen LogP contribution in [0.5, 0.6) is 0 Å². The molecule has 1 fully saturated rings. The second-order valence-corrected chi connectivity index (χ2v) is 6.24. The Balaban J connectivity index is 1.50. The molecular weight excluding hydrogens is 339 g/mol. The standard InChI is InChI=1S/C18H19FN4O3/c19-14-7-13(10-20-11-14)17(24)22-9-12-2-5-23(6-3-12)15-1-4-21-16(8-15)18(25)26/h1,4,7-8,10-12H,2-3,5-6,9H2,(H,22,24)(H,25,26). The molecule has 0 unspecified atom stereocenters. The second-order valence-electron chi connectivity index (χ2n) is 6.24. The van der Waals surface area contributed by atoms with Gasteiger partial charge in [-0.25, -0.2) is 14.2 Å². The van der Waals surface area contributed by atoms with Crippen LogP contribution in [0.4, 0.5) is 10.1 Å². The molecule has 26 heavy (non-hydrogen) atoms. The number of carboxylic acids is 1. The predicted octanol–water partition coefficient (Wildman–Crippen LogP) is 1.96. The van der Waals surface area contributed by atoms with Crippen LogP contribution in [0.3, 0.4) is 0 Å². The minimum Gasteiger partial charge on any atom is -0.477 e. The summed E-state index contributed by atoms with van der Waals surface area (Å²) in [4.78, 5) is 32.7. The topological polar surface area (TPSA) is 95.4 Å². The molecule has 2 aromatic heterocycles. The van der Waals surface area contributed by atoms with E-state index in [0.717, 1.165) is 43.9 Å². The lowest BCUT2D eigenvalue weighted by Gasteiger charge is -2.33. The average molecular weight is 358 g/mol. The van der Waals surface area contributed by atoms with Crippen molar-refractivity contribution in [1.82, 2.24) is 15.3 Å². The highest BCUT2D eigenvalue weighted by Gasteiger charge is 2.21. The van der Waals surface area contributed by atoms with E-state index in [-0.39, 0.29) is 17.2 Å². The maximum Gasteiger partial charge on any atom is 0.354 e. The van der Waals surface area contributed by atoms with Crippen LogP contribution >= 0.6 is 0 Å². The summed E-state index contributed by atoms with van der Waals surface area (Å²) in [7, 11) is 0. The Bertz CT molecular complexity index is 807. The number of carboxylic acid groups (broad SMARTS) is 1. The molecule has 7 nitrogen and oxygen atoms in total. The molecule has 0 atom stereocenters. The Kier molecular flexibility index (Phi) is 5.40. The van der Waals surface area contributed by atoms with Crippen LogP contribution in [0.2, 0.25) is 0 Å². The summed E-state index contributed by atoms with van der Waals surface area (Å²) in [5, 5.41) is 11.9. The van der Waals surface area contributed by atoms with Crippen molar-refractivity contribution in [2.75, 3.05) is 24.5 Å². The first kappa shape index (κ1) is 17.8. The number of pyridine rings is 2. The van der Waals surface area contributed by atoms with Gasteiger partial charge in [0, 0.05) is 37.7 Å². The van der Waals surface area contributed by atoms with Gasteiger partial charge < -0.3 is 15.3 Å². The SMILES string of the molecule is O=C(NCC1CCN(c2ccnc(C(=O)O)c2)CC1)c1cncc(F)c1. The van der Waals surface area contributed by atoms with Crippen LogP contribution in [0.1, 0.15) is 33.7 Å². The lowest BCUT2D eigenvalue weighted by Crippen LogP contribution is -2.38. The Morgan fingerprint density at radius 2 is 2.04 bits per heavy atom. The molecule has 136 valence electrons. The normalized spacial score (nSPS) is 14.9. The number of halogens is 1. The third kappa shape index (κ3) is 4.33. The summed E-state index contributed by atoms with van der Waals surface area (Å²) < 4.78 is 13.1. The smallest absolute Gasteiger partial charge is 0.354 e. The van der Waals surface area contributed by atoms with Crippen molar-refractivity contribution >= 4 is 17.6 Å². The summed E-state index contributed by atoms with van der Waals surface area (Å²) in [5.74, 6) is -1.60. The van der Waals surface area contributed by atoms with E-state index in [9.17, 15) is 14.0 Å². The highest BCUT2D eigenvalue weighted by Crippen LogP contribution is 2.23. The van der Waals surface area contributed by atoms with Gasteiger partial charge in [-0.2, -0.15) is 0 Å². The van der Waals surface area contributed by atoms with E-state index in [0.29, 0.717) is 12.5 Å². The van der Waals surface area contributed by atoms with E-state index < -0.39 is 11.8 Å². The molecule has 1 aliphatic heterocycles. The van der Waals surface area contributed by atoms with Crippen molar-refractivity contribution in [1.29, 1.82) is 0 Å². The van der Waals surface area contributed by atoms with Gasteiger partial charge in [0.1, 0.15) is 11.5 Å². The average Bonchev–Trinajstić information content (AvgIpc) is 2.66. The summed E-state index contributed by atoms with van der Waals surface area (Å²) in [5.41, 5.74) is 1.08. The van der Waals surface area contributed by atoms with Crippen molar-refractivity contribution in [2.45, 2.75) is 12.8 Å². The van der Waals surface area contributed by atoms with Gasteiger partial charge in [0.2, 0.25) is 0 Å². The van der Waals surface area contributed by atoms with E-state index in [1.54, 1.807) is 12.1 Å². The number of nitrogens with one attached hydrogen (secondary N) is 1. The van der Waals surface area contributed by atoms with Crippen LogP contribution < -0.4 is 10.2 Å². The van der Waals surface area contributed by atoms with Gasteiger partial charge in [0.25, 0.3) is 5.91 Å². The summed E-state index contributed by atoms with van der Waals surface area (Å²) in [6.07, 6.45) is 5.63. The minimum absolute atomic E-state index is 0.0283. The van der Waals surface area contributed by atoms with Crippen molar-refractivity contribution in [3.63, 3.8) is 0 Å². The second kappa shape index (κ2) is 7.90. The molecule has 1 saturated heterocycles. The van der Waals surface area contributed by atoms with Gasteiger partial charge in [-0.05, 0) is 37.0 Å². The highest BCUT2D eigenvalue weighted by atomic mass is 19.1. The van der Waals surface area contributed by atoms with E-state index in [1.807, 2.05) is 0 Å². The first-order valence-electron chi connectivity index (χ1n) is 8.36. The zero-order valence-electron chi connectivity index (χ0n) is 14.1. The quantitative estimate of drug-likeness (QED) is 0.848. The third-order valence-electron chi connectivity index (χ3n) is 4.46. The fourth-order valence-electron chi connectivity index (χ4n) is 3.00. The van der Waals surface area contributed by atoms with Gasteiger partial charge in [-0.15, -0.1) is 0 Å². The lowest BCUT2D eigenvalue weighted by atomic mass is 9.96. The summed E-state index contributed by atoms with van der Waals surface area (Å²) in [6.45, 7) is 2.05. The van der Waals surface area contributed by atoms with E-state index >= 15 is 0 Å². The van der Waals surface area contributed by atoms with Crippen LogP contribution in [0.25, 0.3) is 0 Å². The number of hydrogen-bond acceptors (Lipinski definition) is 5.